The van der Waals surface area contributed by atoms with E-state index in [1.165, 1.54) is 0 Å². The highest BCUT2D eigenvalue weighted by Gasteiger charge is 2.09. The molecule has 0 atom stereocenters. The van der Waals surface area contributed by atoms with E-state index in [9.17, 15) is 4.79 Å². The third-order valence-electron chi connectivity index (χ3n) is 3.94. The quantitative estimate of drug-likeness (QED) is 0.493. The van der Waals surface area contributed by atoms with E-state index >= 15 is 0 Å². The minimum Gasteiger partial charge on any atom is -0.489 e. The van der Waals surface area contributed by atoms with Crippen LogP contribution in [-0.2, 0) is 11.2 Å². The van der Waals surface area contributed by atoms with Gasteiger partial charge in [-0.3, -0.25) is 4.79 Å². The highest BCUT2D eigenvalue weighted by atomic mass is 32.1. The molecule has 4 nitrogen and oxygen atoms in total. The van der Waals surface area contributed by atoms with Gasteiger partial charge in [-0.15, -0.1) is 0 Å². The van der Waals surface area contributed by atoms with E-state index in [0.717, 1.165) is 22.0 Å². The monoisotopic (exact) mass is 376 g/mol. The molecule has 0 heterocycles. The number of anilines is 1. The number of hydrogen-bond donors (Lipinski definition) is 2. The summed E-state index contributed by atoms with van der Waals surface area (Å²) in [7, 11) is 0. The van der Waals surface area contributed by atoms with Crippen molar-refractivity contribution >= 4 is 39.7 Å². The molecule has 5 heteroatoms. The zero-order valence-electron chi connectivity index (χ0n) is 14.8. The fraction of sp³-hybridized carbons (Fsp3) is 0.0909. The zero-order chi connectivity index (χ0) is 19.1. The van der Waals surface area contributed by atoms with Crippen LogP contribution in [0.2, 0.25) is 0 Å². The molecule has 2 N–H and O–H groups in total. The molecule has 0 bridgehead atoms. The van der Waals surface area contributed by atoms with E-state index in [4.69, 9.17) is 17.0 Å². The van der Waals surface area contributed by atoms with Crippen molar-refractivity contribution < 1.29 is 9.53 Å². The zero-order valence-corrected chi connectivity index (χ0v) is 15.6. The number of carbonyl (C=O) groups excluding carboxylic acids is 1. The predicted molar refractivity (Wildman–Crippen MR) is 114 cm³/mol. The number of benzene rings is 3. The number of amides is 1. The van der Waals surface area contributed by atoms with Crippen LogP contribution < -0.4 is 15.4 Å². The van der Waals surface area contributed by atoms with Gasteiger partial charge in [0.15, 0.2) is 5.11 Å². The van der Waals surface area contributed by atoms with Crippen molar-refractivity contribution in [2.75, 3.05) is 11.9 Å². The third-order valence-corrected chi connectivity index (χ3v) is 4.15. The lowest BCUT2D eigenvalue weighted by Gasteiger charge is -2.12. The van der Waals surface area contributed by atoms with Crippen molar-refractivity contribution in [1.29, 1.82) is 0 Å². The number of rotatable bonds is 6. The molecule has 0 aliphatic carbocycles. The van der Waals surface area contributed by atoms with E-state index in [2.05, 4.69) is 17.2 Å². The first-order valence-corrected chi connectivity index (χ1v) is 8.98. The van der Waals surface area contributed by atoms with E-state index in [1.807, 2.05) is 66.7 Å². The van der Waals surface area contributed by atoms with Crippen LogP contribution >= 0.6 is 12.2 Å². The van der Waals surface area contributed by atoms with Gasteiger partial charge < -0.3 is 15.4 Å². The topological polar surface area (TPSA) is 50.4 Å². The molecular weight excluding hydrogens is 356 g/mol. The molecule has 0 spiro atoms. The minimum atomic E-state index is -0.164. The molecule has 0 aliphatic rings. The summed E-state index contributed by atoms with van der Waals surface area (Å²) < 4.78 is 5.49. The van der Waals surface area contributed by atoms with Crippen molar-refractivity contribution in [1.82, 2.24) is 5.32 Å². The van der Waals surface area contributed by atoms with Crippen molar-refractivity contribution in [3.8, 4) is 5.75 Å². The molecule has 0 saturated carbocycles. The smallest absolute Gasteiger partial charge is 0.230 e. The van der Waals surface area contributed by atoms with Crippen LogP contribution in [0.1, 0.15) is 5.56 Å². The number of ether oxygens (including phenoxy) is 1. The summed E-state index contributed by atoms with van der Waals surface area (Å²) >= 11 is 5.26. The van der Waals surface area contributed by atoms with Crippen molar-refractivity contribution in [2.45, 2.75) is 6.42 Å². The maximum Gasteiger partial charge on any atom is 0.230 e. The molecule has 0 fully saturated rings. The second-order valence-electron chi connectivity index (χ2n) is 5.94. The van der Waals surface area contributed by atoms with Crippen LogP contribution in [0.5, 0.6) is 5.75 Å². The molecule has 136 valence electrons. The van der Waals surface area contributed by atoms with Gasteiger partial charge in [0.2, 0.25) is 5.91 Å². The molecule has 3 aromatic carbocycles. The first kappa shape index (κ1) is 18.6. The minimum absolute atomic E-state index is 0.164. The summed E-state index contributed by atoms with van der Waals surface area (Å²) in [5, 5.41) is 8.17. The van der Waals surface area contributed by atoms with Gasteiger partial charge in [-0.2, -0.15) is 0 Å². The highest BCUT2D eigenvalue weighted by Crippen LogP contribution is 2.19. The third kappa shape index (κ3) is 5.15. The molecule has 0 saturated heterocycles. The Hall–Kier alpha value is -3.18. The molecule has 27 heavy (non-hydrogen) atoms. The van der Waals surface area contributed by atoms with Crippen LogP contribution in [0.15, 0.2) is 79.4 Å². The van der Waals surface area contributed by atoms with Gasteiger partial charge in [0.1, 0.15) is 12.4 Å². The second kappa shape index (κ2) is 8.96. The van der Waals surface area contributed by atoms with Crippen LogP contribution in [-0.4, -0.2) is 17.6 Å². The number of hydrogen-bond acceptors (Lipinski definition) is 3. The van der Waals surface area contributed by atoms with Gasteiger partial charge in [0, 0.05) is 11.8 Å². The maximum atomic E-state index is 12.4. The Morgan fingerprint density at radius 3 is 2.70 bits per heavy atom. The lowest BCUT2D eigenvalue weighted by molar-refractivity contribution is -0.119. The fourth-order valence-electron chi connectivity index (χ4n) is 2.77. The van der Waals surface area contributed by atoms with Crippen molar-refractivity contribution in [3.63, 3.8) is 0 Å². The van der Waals surface area contributed by atoms with Gasteiger partial charge in [0.05, 0.1) is 6.42 Å². The lowest BCUT2D eigenvalue weighted by Crippen LogP contribution is -2.35. The standard InChI is InChI=1S/C22H20N2O2S/c1-2-13-26-19-11-6-10-18(15-19)23-22(27)24-21(25)14-17-9-5-8-16-7-3-4-12-20(16)17/h2-12,15H,1,13-14H2,(H2,23,24,25,27). The highest BCUT2D eigenvalue weighted by molar-refractivity contribution is 7.80. The summed E-state index contributed by atoms with van der Waals surface area (Å²) in [4.78, 5) is 12.4. The normalized spacial score (nSPS) is 10.2. The molecule has 3 aromatic rings. The number of carbonyl (C=O) groups is 1. The summed E-state index contributed by atoms with van der Waals surface area (Å²) in [6.07, 6.45) is 1.93. The van der Waals surface area contributed by atoms with Gasteiger partial charge in [0.25, 0.3) is 0 Å². The lowest BCUT2D eigenvalue weighted by atomic mass is 10.0. The average Bonchev–Trinajstić information content (AvgIpc) is 2.67. The SMILES string of the molecule is C=CCOc1cccc(NC(=S)NC(=O)Cc2cccc3ccccc23)c1. The van der Waals surface area contributed by atoms with Crippen molar-refractivity contribution in [3.05, 3.63) is 84.9 Å². The first-order valence-electron chi connectivity index (χ1n) is 8.57. The largest absolute Gasteiger partial charge is 0.489 e. The summed E-state index contributed by atoms with van der Waals surface area (Å²) in [6.45, 7) is 4.05. The molecule has 0 aliphatic heterocycles. The number of thiocarbonyl (C=S) groups is 1. The Kier molecular flexibility index (Phi) is 6.18. The molecule has 1 amide bonds. The Bertz CT molecular complexity index is 979. The van der Waals surface area contributed by atoms with Gasteiger partial charge in [-0.25, -0.2) is 0 Å². The van der Waals surface area contributed by atoms with E-state index in [-0.39, 0.29) is 17.4 Å². The number of fused-ring (bicyclic) bond motifs is 1. The Balaban J connectivity index is 1.61. The fourth-order valence-corrected chi connectivity index (χ4v) is 3.00. The van der Waals surface area contributed by atoms with Crippen LogP contribution in [0, 0.1) is 0 Å². The molecule has 0 radical (unpaired) electrons. The van der Waals surface area contributed by atoms with Crippen LogP contribution in [0.3, 0.4) is 0 Å². The van der Waals surface area contributed by atoms with Crippen LogP contribution in [0.25, 0.3) is 10.8 Å². The molecule has 0 unspecified atom stereocenters. The summed E-state index contributed by atoms with van der Waals surface area (Å²) in [5.41, 5.74) is 1.71. The van der Waals surface area contributed by atoms with E-state index in [0.29, 0.717) is 12.4 Å². The van der Waals surface area contributed by atoms with E-state index < -0.39 is 0 Å². The Labute approximate surface area is 163 Å². The maximum absolute atomic E-state index is 12.4. The van der Waals surface area contributed by atoms with Gasteiger partial charge in [-0.05, 0) is 40.7 Å². The summed E-state index contributed by atoms with van der Waals surface area (Å²) in [6, 6.07) is 21.3. The Morgan fingerprint density at radius 1 is 1.07 bits per heavy atom. The average molecular weight is 376 g/mol. The number of nitrogens with one attached hydrogen (secondary N) is 2. The van der Waals surface area contributed by atoms with Gasteiger partial charge >= 0.3 is 0 Å². The van der Waals surface area contributed by atoms with Gasteiger partial charge in [-0.1, -0.05) is 61.2 Å². The second-order valence-corrected chi connectivity index (χ2v) is 6.35. The first-order chi connectivity index (χ1) is 13.2. The van der Waals surface area contributed by atoms with Crippen LogP contribution in [0.4, 0.5) is 5.69 Å². The van der Waals surface area contributed by atoms with Crippen molar-refractivity contribution in [2.24, 2.45) is 0 Å². The molecule has 0 aromatic heterocycles. The Morgan fingerprint density at radius 2 is 1.85 bits per heavy atom. The molecule has 3 rings (SSSR count). The van der Waals surface area contributed by atoms with E-state index in [1.54, 1.807) is 6.08 Å². The molecular formula is C22H20N2O2S. The summed E-state index contributed by atoms with van der Waals surface area (Å²) in [5.74, 6) is 0.535. The predicted octanol–water partition coefficient (Wildman–Crippen LogP) is 4.46.